The van der Waals surface area contributed by atoms with Crippen molar-refractivity contribution in [2.24, 2.45) is 0 Å². The zero-order chi connectivity index (χ0) is 19.2. The minimum atomic E-state index is -2.79. The number of aromatic nitrogens is 4. The monoisotopic (exact) mass is 392 g/mol. The molecule has 1 aliphatic rings. The minimum absolute atomic E-state index is 0.391. The van der Waals surface area contributed by atoms with Crippen LogP contribution >= 0.6 is 11.8 Å². The second-order valence-electron chi connectivity index (χ2n) is 6.38. The van der Waals surface area contributed by atoms with Gasteiger partial charge in [0.05, 0.1) is 23.3 Å². The molecule has 9 heteroatoms. The van der Waals surface area contributed by atoms with Crippen LogP contribution in [0.15, 0.2) is 24.7 Å². The van der Waals surface area contributed by atoms with Gasteiger partial charge in [-0.05, 0) is 37.4 Å². The van der Waals surface area contributed by atoms with Gasteiger partial charge in [0.25, 0.3) is 6.43 Å². The molecule has 1 saturated heterocycles. The van der Waals surface area contributed by atoms with E-state index in [1.54, 1.807) is 12.5 Å². The molecule has 3 rings (SSSR count). The first-order valence-electron chi connectivity index (χ1n) is 8.70. The molecule has 2 aromatic rings. The number of nitrogens with zero attached hydrogens (tertiary/aromatic N) is 4. The van der Waals surface area contributed by atoms with E-state index < -0.39 is 12.1 Å². The number of rotatable bonds is 8. The average Bonchev–Trinajstić information content (AvgIpc) is 3.34. The predicted octanol–water partition coefficient (Wildman–Crippen LogP) is 3.32. The number of alkyl halides is 2. The lowest BCUT2D eigenvalue weighted by molar-refractivity contribution is 0.226. The standard InChI is InChI=1S/C18H22F2N6S/c1-27-7-6-26-5-4-12(10-26)14-8-15(24-11-23-14)16-9-22-17(25-16)3-2-13(21)18(19)20/h2-3,8-9,11-12,18,21H,4-7,10H2,1H3,(H,22,25)/b3-2-,21-13?. The van der Waals surface area contributed by atoms with Gasteiger partial charge in [-0.25, -0.2) is 23.7 Å². The lowest BCUT2D eigenvalue weighted by atomic mass is 10.0. The Labute approximate surface area is 161 Å². The number of H-pyrrole nitrogens is 1. The lowest BCUT2D eigenvalue weighted by Gasteiger charge is -2.15. The summed E-state index contributed by atoms with van der Waals surface area (Å²) in [5.41, 5.74) is 1.68. The molecule has 0 spiro atoms. The van der Waals surface area contributed by atoms with Crippen molar-refractivity contribution in [3.05, 3.63) is 36.2 Å². The molecule has 3 heterocycles. The number of imidazole rings is 1. The van der Waals surface area contributed by atoms with E-state index >= 15 is 0 Å². The quantitative estimate of drug-likeness (QED) is 0.674. The zero-order valence-electron chi connectivity index (χ0n) is 15.0. The molecule has 1 unspecified atom stereocenters. The molecule has 144 valence electrons. The summed E-state index contributed by atoms with van der Waals surface area (Å²) in [5.74, 6) is 1.93. The molecule has 2 N–H and O–H groups in total. The second-order valence-corrected chi connectivity index (χ2v) is 7.36. The largest absolute Gasteiger partial charge is 0.337 e. The van der Waals surface area contributed by atoms with Crippen LogP contribution in [-0.2, 0) is 0 Å². The summed E-state index contributed by atoms with van der Waals surface area (Å²) in [5, 5.41) is 7.14. The number of aromatic amines is 1. The van der Waals surface area contributed by atoms with Gasteiger partial charge < -0.3 is 9.88 Å². The first kappa shape index (κ1) is 19.6. The summed E-state index contributed by atoms with van der Waals surface area (Å²) in [6.45, 7) is 3.18. The van der Waals surface area contributed by atoms with Gasteiger partial charge in [0.2, 0.25) is 0 Å². The maximum absolute atomic E-state index is 12.4. The predicted molar refractivity (Wildman–Crippen MR) is 105 cm³/mol. The molecule has 0 aromatic carbocycles. The van der Waals surface area contributed by atoms with Crippen LogP contribution in [0.1, 0.15) is 23.9 Å². The van der Waals surface area contributed by atoms with Gasteiger partial charge in [0.1, 0.15) is 12.2 Å². The fourth-order valence-electron chi connectivity index (χ4n) is 3.03. The Morgan fingerprint density at radius 3 is 3.07 bits per heavy atom. The van der Waals surface area contributed by atoms with Crippen molar-refractivity contribution in [2.45, 2.75) is 18.8 Å². The number of hydrogen-bond acceptors (Lipinski definition) is 6. The van der Waals surface area contributed by atoms with Crippen LogP contribution in [0.3, 0.4) is 0 Å². The Morgan fingerprint density at radius 2 is 2.30 bits per heavy atom. The van der Waals surface area contributed by atoms with E-state index in [-0.39, 0.29) is 0 Å². The summed E-state index contributed by atoms with van der Waals surface area (Å²) < 4.78 is 24.7. The van der Waals surface area contributed by atoms with Crippen molar-refractivity contribution in [2.75, 3.05) is 31.6 Å². The third-order valence-electron chi connectivity index (χ3n) is 4.52. The Morgan fingerprint density at radius 1 is 1.44 bits per heavy atom. The summed E-state index contributed by atoms with van der Waals surface area (Å²) in [7, 11) is 0. The minimum Gasteiger partial charge on any atom is -0.337 e. The Balaban J connectivity index is 1.68. The second kappa shape index (κ2) is 9.18. The van der Waals surface area contributed by atoms with E-state index in [1.807, 2.05) is 17.8 Å². The Bertz CT molecular complexity index is 807. The highest BCUT2D eigenvalue weighted by atomic mass is 32.2. The molecular weight excluding hydrogens is 370 g/mol. The van der Waals surface area contributed by atoms with Gasteiger partial charge in [0, 0.05) is 30.5 Å². The number of nitrogens with one attached hydrogen (secondary N) is 2. The highest BCUT2D eigenvalue weighted by molar-refractivity contribution is 7.98. The molecule has 0 aliphatic carbocycles. The van der Waals surface area contributed by atoms with Crippen LogP contribution in [0.25, 0.3) is 17.5 Å². The highest BCUT2D eigenvalue weighted by Gasteiger charge is 2.25. The summed E-state index contributed by atoms with van der Waals surface area (Å²) in [4.78, 5) is 18.4. The fraction of sp³-hybridized carbons (Fsp3) is 0.444. The van der Waals surface area contributed by atoms with E-state index in [0.717, 1.165) is 49.3 Å². The van der Waals surface area contributed by atoms with Crippen molar-refractivity contribution >= 4 is 23.5 Å². The Hall–Kier alpha value is -2.13. The normalized spacial score (nSPS) is 18.0. The number of hydrogen-bond donors (Lipinski definition) is 2. The maximum atomic E-state index is 12.4. The smallest absolute Gasteiger partial charge is 0.279 e. The zero-order valence-corrected chi connectivity index (χ0v) is 15.8. The molecule has 2 aromatic heterocycles. The average molecular weight is 392 g/mol. The lowest BCUT2D eigenvalue weighted by Crippen LogP contribution is -2.23. The third-order valence-corrected chi connectivity index (χ3v) is 5.11. The van der Waals surface area contributed by atoms with Crippen LogP contribution in [-0.4, -0.2) is 68.6 Å². The van der Waals surface area contributed by atoms with E-state index in [9.17, 15) is 8.78 Å². The van der Waals surface area contributed by atoms with E-state index in [1.165, 1.54) is 6.08 Å². The van der Waals surface area contributed by atoms with Crippen molar-refractivity contribution in [1.29, 1.82) is 5.41 Å². The molecular formula is C18H22F2N6S. The van der Waals surface area contributed by atoms with E-state index in [2.05, 4.69) is 31.1 Å². The number of thioether (sulfide) groups is 1. The van der Waals surface area contributed by atoms with Crippen molar-refractivity contribution in [3.8, 4) is 11.4 Å². The number of halogens is 2. The summed E-state index contributed by atoms with van der Waals surface area (Å²) in [6, 6.07) is 1.96. The van der Waals surface area contributed by atoms with Gasteiger partial charge >= 0.3 is 0 Å². The van der Waals surface area contributed by atoms with Crippen molar-refractivity contribution in [1.82, 2.24) is 24.8 Å². The summed E-state index contributed by atoms with van der Waals surface area (Å²) in [6.07, 6.45) is 5.98. The maximum Gasteiger partial charge on any atom is 0.279 e. The van der Waals surface area contributed by atoms with Crippen molar-refractivity contribution in [3.63, 3.8) is 0 Å². The first-order valence-corrected chi connectivity index (χ1v) is 10.1. The van der Waals surface area contributed by atoms with E-state index in [4.69, 9.17) is 5.41 Å². The van der Waals surface area contributed by atoms with Crippen LogP contribution in [0, 0.1) is 5.41 Å². The molecule has 0 amide bonds. The molecule has 1 atom stereocenters. The van der Waals surface area contributed by atoms with E-state index in [0.29, 0.717) is 17.4 Å². The van der Waals surface area contributed by atoms with Crippen LogP contribution in [0.2, 0.25) is 0 Å². The van der Waals surface area contributed by atoms with Crippen LogP contribution in [0.4, 0.5) is 8.78 Å². The van der Waals surface area contributed by atoms with Gasteiger partial charge in [-0.3, -0.25) is 5.41 Å². The topological polar surface area (TPSA) is 81.5 Å². The third kappa shape index (κ3) is 5.20. The van der Waals surface area contributed by atoms with Gasteiger partial charge in [-0.15, -0.1) is 0 Å². The van der Waals surface area contributed by atoms with Gasteiger partial charge in [-0.1, -0.05) is 0 Å². The van der Waals surface area contributed by atoms with Crippen molar-refractivity contribution < 1.29 is 8.78 Å². The van der Waals surface area contributed by atoms with Crippen LogP contribution in [0.5, 0.6) is 0 Å². The fourth-order valence-corrected chi connectivity index (χ4v) is 3.47. The SMILES string of the molecule is CSCCN1CCC(c2cc(-c3cnc(/C=C\C(=N)C(F)F)[nH]3)ncn2)C1. The molecule has 6 nitrogen and oxygen atoms in total. The van der Waals surface area contributed by atoms with Crippen LogP contribution < -0.4 is 0 Å². The highest BCUT2D eigenvalue weighted by Crippen LogP contribution is 2.27. The summed E-state index contributed by atoms with van der Waals surface area (Å²) >= 11 is 1.86. The first-order chi connectivity index (χ1) is 13.1. The number of likely N-dealkylation sites (tertiary alicyclic amines) is 1. The number of allylic oxidation sites excluding steroid dienone is 1. The Kier molecular flexibility index (Phi) is 6.68. The van der Waals surface area contributed by atoms with Gasteiger partial charge in [-0.2, -0.15) is 11.8 Å². The molecule has 1 fully saturated rings. The molecule has 0 saturated carbocycles. The van der Waals surface area contributed by atoms with Gasteiger partial charge in [0.15, 0.2) is 0 Å². The molecule has 0 bridgehead atoms. The molecule has 1 aliphatic heterocycles. The molecule has 0 radical (unpaired) electrons. The molecule has 27 heavy (non-hydrogen) atoms.